The summed E-state index contributed by atoms with van der Waals surface area (Å²) >= 11 is 0. The summed E-state index contributed by atoms with van der Waals surface area (Å²) < 4.78 is 27.1. The molecule has 8 heteroatoms. The summed E-state index contributed by atoms with van der Waals surface area (Å²) in [7, 11) is -3.80. The van der Waals surface area contributed by atoms with Gasteiger partial charge in [-0.05, 0) is 55.0 Å². The lowest BCUT2D eigenvalue weighted by Gasteiger charge is -2.34. The van der Waals surface area contributed by atoms with E-state index in [9.17, 15) is 18.0 Å². The minimum Gasteiger partial charge on any atom is -0.352 e. The average Bonchev–Trinajstić information content (AvgIpc) is 2.93. The third kappa shape index (κ3) is 9.18. The van der Waals surface area contributed by atoms with Gasteiger partial charge >= 0.3 is 0 Å². The van der Waals surface area contributed by atoms with E-state index in [4.69, 9.17) is 0 Å². The Hall–Kier alpha value is -3.65. The van der Waals surface area contributed by atoms with E-state index in [-0.39, 0.29) is 24.4 Å². The molecule has 2 atom stereocenters. The van der Waals surface area contributed by atoms with E-state index in [1.165, 1.54) is 4.90 Å². The van der Waals surface area contributed by atoms with Gasteiger partial charge in [-0.15, -0.1) is 0 Å². The molecule has 0 aliphatic carbocycles. The summed E-state index contributed by atoms with van der Waals surface area (Å²) in [6.45, 7) is 9.75. The lowest BCUT2D eigenvalue weighted by Crippen LogP contribution is -2.54. The van der Waals surface area contributed by atoms with Crippen LogP contribution in [-0.2, 0) is 32.6 Å². The molecule has 0 fully saturated rings. The molecule has 0 aliphatic heterocycles. The Morgan fingerprint density at radius 3 is 2.07 bits per heavy atom. The number of carbonyl (C=O) groups is 2. The molecule has 220 valence electrons. The normalized spacial score (nSPS) is 13.0. The lowest BCUT2D eigenvalue weighted by atomic mass is 10.0. The van der Waals surface area contributed by atoms with E-state index in [2.05, 4.69) is 19.2 Å². The van der Waals surface area contributed by atoms with Crippen molar-refractivity contribution >= 4 is 27.5 Å². The molecule has 41 heavy (non-hydrogen) atoms. The molecule has 3 aromatic carbocycles. The van der Waals surface area contributed by atoms with Gasteiger partial charge in [-0.2, -0.15) is 0 Å². The van der Waals surface area contributed by atoms with Crippen molar-refractivity contribution in [2.75, 3.05) is 17.1 Å². The van der Waals surface area contributed by atoms with Gasteiger partial charge < -0.3 is 10.2 Å². The van der Waals surface area contributed by atoms with Gasteiger partial charge in [0, 0.05) is 19.0 Å². The van der Waals surface area contributed by atoms with Gasteiger partial charge in [-0.1, -0.05) is 93.1 Å². The van der Waals surface area contributed by atoms with E-state index >= 15 is 0 Å². The number of amides is 2. The van der Waals surface area contributed by atoms with Crippen LogP contribution in [0, 0.1) is 6.92 Å². The maximum absolute atomic E-state index is 14.2. The minimum atomic E-state index is -3.80. The average molecular weight is 578 g/mol. The number of nitrogens with one attached hydrogen (secondary N) is 1. The number of benzene rings is 3. The van der Waals surface area contributed by atoms with Crippen LogP contribution in [0.5, 0.6) is 0 Å². The molecule has 0 radical (unpaired) electrons. The molecular weight excluding hydrogens is 534 g/mol. The van der Waals surface area contributed by atoms with Crippen LogP contribution in [0.15, 0.2) is 78.9 Å². The smallest absolute Gasteiger partial charge is 0.244 e. The van der Waals surface area contributed by atoms with Crippen LogP contribution >= 0.6 is 0 Å². The molecule has 2 amide bonds. The molecule has 7 nitrogen and oxygen atoms in total. The molecular formula is C33H43N3O4S. The van der Waals surface area contributed by atoms with Crippen LogP contribution in [0.25, 0.3) is 0 Å². The zero-order valence-corrected chi connectivity index (χ0v) is 25.8. The Labute approximate surface area is 245 Å². The van der Waals surface area contributed by atoms with Crippen LogP contribution < -0.4 is 9.62 Å². The highest BCUT2D eigenvalue weighted by atomic mass is 32.2. The maximum Gasteiger partial charge on any atom is 0.244 e. The second kappa shape index (κ2) is 14.3. The van der Waals surface area contributed by atoms with E-state index in [1.54, 1.807) is 12.1 Å². The fourth-order valence-corrected chi connectivity index (χ4v) is 5.49. The summed E-state index contributed by atoms with van der Waals surface area (Å²) in [4.78, 5) is 29.4. The summed E-state index contributed by atoms with van der Waals surface area (Å²) in [6.07, 6.45) is 2.13. The van der Waals surface area contributed by atoms with Crippen molar-refractivity contribution in [3.05, 3.63) is 101 Å². The van der Waals surface area contributed by atoms with Crippen molar-refractivity contribution in [1.82, 2.24) is 10.2 Å². The lowest BCUT2D eigenvalue weighted by molar-refractivity contribution is -0.140. The molecule has 0 saturated carbocycles. The number of sulfonamides is 1. The van der Waals surface area contributed by atoms with E-state index in [0.717, 1.165) is 39.2 Å². The minimum absolute atomic E-state index is 0.0799. The number of nitrogens with zero attached hydrogens (tertiary/aromatic N) is 2. The number of rotatable bonds is 13. The Balaban J connectivity index is 2.05. The first-order chi connectivity index (χ1) is 19.4. The Morgan fingerprint density at radius 2 is 1.51 bits per heavy atom. The number of hydrogen-bond acceptors (Lipinski definition) is 4. The van der Waals surface area contributed by atoms with Gasteiger partial charge in [-0.3, -0.25) is 13.9 Å². The summed E-state index contributed by atoms with van der Waals surface area (Å²) in [5, 5.41) is 3.05. The topological polar surface area (TPSA) is 86.8 Å². The molecule has 0 bridgehead atoms. The summed E-state index contributed by atoms with van der Waals surface area (Å²) in [6, 6.07) is 23.6. The predicted octanol–water partition coefficient (Wildman–Crippen LogP) is 5.44. The highest BCUT2D eigenvalue weighted by Crippen LogP contribution is 2.23. The summed E-state index contributed by atoms with van der Waals surface area (Å²) in [5.74, 6) is -0.438. The van der Waals surface area contributed by atoms with Crippen molar-refractivity contribution in [2.24, 2.45) is 0 Å². The number of aryl methyl sites for hydroxylation is 1. The standard InChI is InChI=1S/C33H43N3O4S/c1-7-26(5)34-33(38)31(21-27-13-9-8-10-14-27)35(22-28-15-11-12-25(4)20-28)32(37)23-36(41(6,39)40)30-18-16-29(17-19-30)24(2)3/h8-20,24,26,31H,7,21-23H2,1-6H3,(H,34,38)/t26-,31-/m1/s1. The molecule has 0 unspecified atom stereocenters. The van der Waals surface area contributed by atoms with Gasteiger partial charge in [-0.25, -0.2) is 8.42 Å². The fraction of sp³-hybridized carbons (Fsp3) is 0.394. The Bertz CT molecular complexity index is 1410. The van der Waals surface area contributed by atoms with Crippen LogP contribution in [-0.4, -0.2) is 50.0 Å². The zero-order chi connectivity index (χ0) is 30.2. The molecule has 0 saturated heterocycles. The molecule has 0 heterocycles. The monoisotopic (exact) mass is 577 g/mol. The number of anilines is 1. The second-order valence-corrected chi connectivity index (χ2v) is 13.0. The van der Waals surface area contributed by atoms with Crippen molar-refractivity contribution in [2.45, 2.75) is 72.0 Å². The first-order valence-corrected chi connectivity index (χ1v) is 16.0. The first-order valence-electron chi connectivity index (χ1n) is 14.2. The van der Waals surface area contributed by atoms with Crippen LogP contribution in [0.4, 0.5) is 5.69 Å². The molecule has 3 rings (SSSR count). The number of hydrogen-bond donors (Lipinski definition) is 1. The second-order valence-electron chi connectivity index (χ2n) is 11.0. The molecule has 3 aromatic rings. The third-order valence-corrected chi connectivity index (χ3v) is 8.38. The van der Waals surface area contributed by atoms with Gasteiger partial charge in [0.1, 0.15) is 12.6 Å². The van der Waals surface area contributed by atoms with Crippen molar-refractivity contribution in [3.63, 3.8) is 0 Å². The van der Waals surface area contributed by atoms with E-state index in [0.29, 0.717) is 12.1 Å². The van der Waals surface area contributed by atoms with Crippen LogP contribution in [0.3, 0.4) is 0 Å². The van der Waals surface area contributed by atoms with Gasteiger partial charge in [0.05, 0.1) is 11.9 Å². The van der Waals surface area contributed by atoms with E-state index < -0.39 is 28.5 Å². The fourth-order valence-electron chi connectivity index (χ4n) is 4.64. The molecule has 1 N–H and O–H groups in total. The van der Waals surface area contributed by atoms with Crippen molar-refractivity contribution in [1.29, 1.82) is 0 Å². The Kier molecular flexibility index (Phi) is 11.1. The molecule has 0 aliphatic rings. The highest BCUT2D eigenvalue weighted by molar-refractivity contribution is 7.92. The van der Waals surface area contributed by atoms with Crippen molar-refractivity contribution in [3.8, 4) is 0 Å². The van der Waals surface area contributed by atoms with Crippen LogP contribution in [0.2, 0.25) is 0 Å². The maximum atomic E-state index is 14.2. The van der Waals surface area contributed by atoms with Crippen molar-refractivity contribution < 1.29 is 18.0 Å². The molecule has 0 aromatic heterocycles. The molecule has 0 spiro atoms. The Morgan fingerprint density at radius 1 is 0.878 bits per heavy atom. The third-order valence-electron chi connectivity index (χ3n) is 7.23. The van der Waals surface area contributed by atoms with Gasteiger partial charge in [0.25, 0.3) is 0 Å². The predicted molar refractivity (Wildman–Crippen MR) is 166 cm³/mol. The highest BCUT2D eigenvalue weighted by Gasteiger charge is 2.33. The quantitative estimate of drug-likeness (QED) is 0.293. The number of carbonyl (C=O) groups excluding carboxylic acids is 2. The van der Waals surface area contributed by atoms with E-state index in [1.807, 2.05) is 87.5 Å². The largest absolute Gasteiger partial charge is 0.352 e. The first kappa shape index (κ1) is 31.9. The zero-order valence-electron chi connectivity index (χ0n) is 25.0. The van der Waals surface area contributed by atoms with Crippen LogP contribution in [0.1, 0.15) is 62.3 Å². The summed E-state index contributed by atoms with van der Waals surface area (Å²) in [5.41, 5.74) is 4.27. The van der Waals surface area contributed by atoms with Gasteiger partial charge in [0.2, 0.25) is 21.8 Å². The SMILES string of the molecule is CC[C@@H](C)NC(=O)[C@@H](Cc1ccccc1)N(Cc1cccc(C)c1)C(=O)CN(c1ccc(C(C)C)cc1)S(C)(=O)=O. The van der Waals surface area contributed by atoms with Gasteiger partial charge in [0.15, 0.2) is 0 Å².